The van der Waals surface area contributed by atoms with Crippen LogP contribution in [0.1, 0.15) is 13.8 Å². The standard InChI is InChI=1S/C5H11N.ClH/c1-3-4(2)5(3)6;/h3-5H,6H2,1-2H3;1H/t3-,4+,5?;. The Balaban J connectivity index is 0.000000360. The normalized spacial score (nSPS) is 47.6. The van der Waals surface area contributed by atoms with Gasteiger partial charge in [0.15, 0.2) is 0 Å². The molecule has 44 valence electrons. The Bertz CT molecular complexity index is 44.8. The molecule has 0 aliphatic heterocycles. The Morgan fingerprint density at radius 1 is 1.14 bits per heavy atom. The molecule has 3 atom stereocenters. The maximum Gasteiger partial charge on any atom is 0.00966 e. The lowest BCUT2D eigenvalue weighted by atomic mass is 10.4. The van der Waals surface area contributed by atoms with Crippen LogP contribution in [0.3, 0.4) is 0 Å². The molecule has 2 N–H and O–H groups in total. The van der Waals surface area contributed by atoms with Crippen molar-refractivity contribution in [3.8, 4) is 0 Å². The van der Waals surface area contributed by atoms with E-state index in [1.165, 1.54) is 0 Å². The highest BCUT2D eigenvalue weighted by molar-refractivity contribution is 5.85. The van der Waals surface area contributed by atoms with Crippen molar-refractivity contribution in [2.45, 2.75) is 19.9 Å². The molecule has 1 fully saturated rings. The van der Waals surface area contributed by atoms with Gasteiger partial charge in [-0.25, -0.2) is 0 Å². The first-order chi connectivity index (χ1) is 2.73. The van der Waals surface area contributed by atoms with E-state index < -0.39 is 0 Å². The summed E-state index contributed by atoms with van der Waals surface area (Å²) in [7, 11) is 0. The zero-order valence-electron chi connectivity index (χ0n) is 4.72. The maximum atomic E-state index is 5.51. The van der Waals surface area contributed by atoms with E-state index in [2.05, 4.69) is 13.8 Å². The largest absolute Gasteiger partial charge is 0.327 e. The highest BCUT2D eigenvalue weighted by Gasteiger charge is 2.38. The van der Waals surface area contributed by atoms with Crippen molar-refractivity contribution in [3.05, 3.63) is 0 Å². The second-order valence-corrected chi connectivity index (χ2v) is 2.30. The Hall–Kier alpha value is 0.250. The Kier molecular flexibility index (Phi) is 2.09. The van der Waals surface area contributed by atoms with Gasteiger partial charge in [0.1, 0.15) is 0 Å². The van der Waals surface area contributed by atoms with Crippen LogP contribution in [0.5, 0.6) is 0 Å². The predicted molar refractivity (Wildman–Crippen MR) is 33.6 cm³/mol. The first-order valence-corrected chi connectivity index (χ1v) is 2.49. The summed E-state index contributed by atoms with van der Waals surface area (Å²) in [6.07, 6.45) is 0. The number of halogens is 1. The van der Waals surface area contributed by atoms with Gasteiger partial charge in [-0.05, 0) is 11.8 Å². The molecule has 2 heteroatoms. The third kappa shape index (κ3) is 1.07. The maximum absolute atomic E-state index is 5.51. The number of rotatable bonds is 0. The molecule has 7 heavy (non-hydrogen) atoms. The molecule has 1 rings (SSSR count). The van der Waals surface area contributed by atoms with Crippen molar-refractivity contribution < 1.29 is 0 Å². The van der Waals surface area contributed by atoms with Gasteiger partial charge in [-0.2, -0.15) is 0 Å². The van der Waals surface area contributed by atoms with Crippen LogP contribution in [-0.4, -0.2) is 6.04 Å². The highest BCUT2D eigenvalue weighted by Crippen LogP contribution is 2.34. The van der Waals surface area contributed by atoms with Crippen molar-refractivity contribution in [3.63, 3.8) is 0 Å². The topological polar surface area (TPSA) is 26.0 Å². The van der Waals surface area contributed by atoms with E-state index in [0.717, 1.165) is 11.8 Å². The molecular weight excluding hydrogens is 110 g/mol. The zero-order chi connectivity index (χ0) is 4.73. The summed E-state index contributed by atoms with van der Waals surface area (Å²) < 4.78 is 0. The third-order valence-electron chi connectivity index (χ3n) is 1.90. The molecule has 0 aromatic rings. The van der Waals surface area contributed by atoms with E-state index in [4.69, 9.17) is 5.73 Å². The molecule has 1 unspecified atom stereocenters. The third-order valence-corrected chi connectivity index (χ3v) is 1.90. The summed E-state index contributed by atoms with van der Waals surface area (Å²) in [6.45, 7) is 4.38. The molecule has 1 aliphatic rings. The van der Waals surface area contributed by atoms with Crippen molar-refractivity contribution in [1.82, 2.24) is 0 Å². The van der Waals surface area contributed by atoms with Crippen LogP contribution >= 0.6 is 12.4 Å². The lowest BCUT2D eigenvalue weighted by molar-refractivity contribution is 0.834. The highest BCUT2D eigenvalue weighted by atomic mass is 35.5. The monoisotopic (exact) mass is 121 g/mol. The van der Waals surface area contributed by atoms with Crippen molar-refractivity contribution in [2.75, 3.05) is 0 Å². The number of nitrogens with two attached hydrogens (primary N) is 1. The summed E-state index contributed by atoms with van der Waals surface area (Å²) >= 11 is 0. The van der Waals surface area contributed by atoms with Gasteiger partial charge in [0.05, 0.1) is 0 Å². The molecule has 0 saturated heterocycles. The van der Waals surface area contributed by atoms with E-state index >= 15 is 0 Å². The van der Waals surface area contributed by atoms with Crippen molar-refractivity contribution >= 4 is 12.4 Å². The lowest BCUT2D eigenvalue weighted by Gasteiger charge is -1.69. The summed E-state index contributed by atoms with van der Waals surface area (Å²) in [4.78, 5) is 0. The van der Waals surface area contributed by atoms with Crippen LogP contribution in [0.2, 0.25) is 0 Å². The molecule has 0 bridgehead atoms. The smallest absolute Gasteiger partial charge is 0.00966 e. The van der Waals surface area contributed by atoms with Crippen LogP contribution < -0.4 is 5.73 Å². The average molecular weight is 122 g/mol. The quantitative estimate of drug-likeness (QED) is 0.509. The molecule has 1 saturated carbocycles. The molecular formula is C5H12ClN. The van der Waals surface area contributed by atoms with Crippen LogP contribution in [-0.2, 0) is 0 Å². The Morgan fingerprint density at radius 2 is 1.29 bits per heavy atom. The molecule has 1 nitrogen and oxygen atoms in total. The molecule has 1 aliphatic carbocycles. The Labute approximate surface area is 50.7 Å². The number of hydrogen-bond donors (Lipinski definition) is 1. The van der Waals surface area contributed by atoms with Gasteiger partial charge in [0.2, 0.25) is 0 Å². The van der Waals surface area contributed by atoms with E-state index in [1.807, 2.05) is 0 Å². The molecule has 0 spiro atoms. The van der Waals surface area contributed by atoms with Gasteiger partial charge in [-0.15, -0.1) is 12.4 Å². The molecule has 0 aromatic heterocycles. The van der Waals surface area contributed by atoms with Gasteiger partial charge in [0.25, 0.3) is 0 Å². The minimum Gasteiger partial charge on any atom is -0.327 e. The van der Waals surface area contributed by atoms with E-state index in [0.29, 0.717) is 6.04 Å². The second kappa shape index (κ2) is 2.01. The van der Waals surface area contributed by atoms with E-state index in [9.17, 15) is 0 Å². The lowest BCUT2D eigenvalue weighted by Crippen LogP contribution is -2.01. The molecule has 0 heterocycles. The molecule has 0 aromatic carbocycles. The minimum atomic E-state index is 0. The summed E-state index contributed by atoms with van der Waals surface area (Å²) in [5.74, 6) is 1.59. The predicted octanol–water partition coefficient (Wildman–Crippen LogP) is 1.02. The van der Waals surface area contributed by atoms with E-state index in [1.54, 1.807) is 0 Å². The fourth-order valence-electron chi connectivity index (χ4n) is 0.701. The van der Waals surface area contributed by atoms with E-state index in [-0.39, 0.29) is 12.4 Å². The fraction of sp³-hybridized carbons (Fsp3) is 1.00. The number of hydrogen-bond acceptors (Lipinski definition) is 1. The van der Waals surface area contributed by atoms with Crippen LogP contribution in [0, 0.1) is 11.8 Å². The van der Waals surface area contributed by atoms with Gasteiger partial charge in [0, 0.05) is 6.04 Å². The molecule has 0 radical (unpaired) electrons. The zero-order valence-corrected chi connectivity index (χ0v) is 5.53. The summed E-state index contributed by atoms with van der Waals surface area (Å²) in [5, 5.41) is 0. The van der Waals surface area contributed by atoms with Gasteiger partial charge >= 0.3 is 0 Å². The SMILES string of the molecule is C[C@@H]1C(N)[C@@H]1C.Cl. The van der Waals surface area contributed by atoms with Gasteiger partial charge in [-0.3, -0.25) is 0 Å². The molecule has 0 amide bonds. The fourth-order valence-corrected chi connectivity index (χ4v) is 0.701. The van der Waals surface area contributed by atoms with Gasteiger partial charge in [-0.1, -0.05) is 13.8 Å². The van der Waals surface area contributed by atoms with Crippen LogP contribution in [0.25, 0.3) is 0 Å². The summed E-state index contributed by atoms with van der Waals surface area (Å²) in [5.41, 5.74) is 5.51. The van der Waals surface area contributed by atoms with Crippen LogP contribution in [0.15, 0.2) is 0 Å². The van der Waals surface area contributed by atoms with Crippen molar-refractivity contribution in [2.24, 2.45) is 17.6 Å². The van der Waals surface area contributed by atoms with Gasteiger partial charge < -0.3 is 5.73 Å². The Morgan fingerprint density at radius 3 is 1.29 bits per heavy atom. The first kappa shape index (κ1) is 7.25. The summed E-state index contributed by atoms with van der Waals surface area (Å²) in [6, 6.07) is 0.519. The van der Waals surface area contributed by atoms with Crippen LogP contribution in [0.4, 0.5) is 0 Å². The van der Waals surface area contributed by atoms with Crippen molar-refractivity contribution in [1.29, 1.82) is 0 Å². The first-order valence-electron chi connectivity index (χ1n) is 2.49. The minimum absolute atomic E-state index is 0. The second-order valence-electron chi connectivity index (χ2n) is 2.30. The average Bonchev–Trinajstić information content (AvgIpc) is 1.94.